The molecule has 0 unspecified atom stereocenters. The highest BCUT2D eigenvalue weighted by Crippen LogP contribution is 2.41. The Kier molecular flexibility index (Phi) is 7.26. The maximum absolute atomic E-state index is 12.9. The Hall–Kier alpha value is -3.45. The first-order chi connectivity index (χ1) is 19.0. The van der Waals surface area contributed by atoms with Gasteiger partial charge in [0.05, 0.1) is 36.5 Å². The molecule has 0 aromatic carbocycles. The van der Waals surface area contributed by atoms with E-state index in [0.29, 0.717) is 48.2 Å². The maximum atomic E-state index is 12.9. The zero-order valence-corrected chi connectivity index (χ0v) is 22.9. The number of amides is 1. The fourth-order valence-corrected chi connectivity index (χ4v) is 6.87. The van der Waals surface area contributed by atoms with E-state index in [-0.39, 0.29) is 23.2 Å². The number of nitrogens with zero attached hydrogens (tertiary/aromatic N) is 2. The molecular weight excluding hydrogens is 536 g/mol. The lowest BCUT2D eigenvalue weighted by Gasteiger charge is -2.30. The Morgan fingerprint density at radius 1 is 1.08 bits per heavy atom. The molecule has 1 aliphatic heterocycles. The van der Waals surface area contributed by atoms with E-state index in [4.69, 9.17) is 20.6 Å². The van der Waals surface area contributed by atoms with Crippen molar-refractivity contribution in [2.24, 2.45) is 11.5 Å². The quantitative estimate of drug-likeness (QED) is 0.256. The molecule has 204 valence electrons. The number of nitrogens with one attached hydrogen (secondary N) is 2. The third kappa shape index (κ3) is 5.24. The predicted molar refractivity (Wildman–Crippen MR) is 157 cm³/mol. The molecule has 1 aliphatic carbocycles. The molecule has 0 spiro atoms. The Morgan fingerprint density at radius 2 is 1.90 bits per heavy atom. The van der Waals surface area contributed by atoms with Gasteiger partial charge < -0.3 is 36.2 Å². The van der Waals surface area contributed by atoms with Crippen molar-refractivity contribution in [3.63, 3.8) is 0 Å². The highest BCUT2D eigenvalue weighted by molar-refractivity contribution is 7.17. The summed E-state index contributed by atoms with van der Waals surface area (Å²) in [5, 5.41) is 12.7. The summed E-state index contributed by atoms with van der Waals surface area (Å²) in [6.07, 6.45) is 5.84. The largest absolute Gasteiger partial charge is 0.439 e. The van der Waals surface area contributed by atoms with Gasteiger partial charge in [-0.05, 0) is 18.9 Å². The molecule has 1 saturated heterocycles. The van der Waals surface area contributed by atoms with Gasteiger partial charge in [-0.3, -0.25) is 9.59 Å². The number of morpholine rings is 1. The van der Waals surface area contributed by atoms with E-state index in [2.05, 4.69) is 15.6 Å². The van der Waals surface area contributed by atoms with E-state index in [0.717, 1.165) is 48.2 Å². The standard InChI is InChI=1S/C27H30N6O4S2/c28-18-3-1-2-4-19(18)31-15-9-20(24(27(29)35)30-11-15)32-21-14-38-12-16(21)17-13-39-26-22(34)10-23(37-25(17)26)33-5-7-36-8-6-33/h9-14,18-19,31-32H,1-8,28H2,(H2,29,35)/t18-,19+/m1/s1. The average molecular weight is 567 g/mol. The van der Waals surface area contributed by atoms with Gasteiger partial charge in [0.1, 0.15) is 4.70 Å². The molecule has 2 aliphatic rings. The number of hydrogen-bond acceptors (Lipinski definition) is 11. The van der Waals surface area contributed by atoms with Crippen LogP contribution in [0, 0.1) is 0 Å². The lowest BCUT2D eigenvalue weighted by Crippen LogP contribution is -2.42. The molecule has 5 heterocycles. The topological polar surface area (TPSA) is 149 Å². The summed E-state index contributed by atoms with van der Waals surface area (Å²) in [5.41, 5.74) is 16.3. The van der Waals surface area contributed by atoms with E-state index < -0.39 is 5.91 Å². The lowest BCUT2D eigenvalue weighted by atomic mass is 9.91. The minimum atomic E-state index is -0.627. The minimum Gasteiger partial charge on any atom is -0.439 e. The number of fused-ring (bicyclic) bond motifs is 1. The van der Waals surface area contributed by atoms with Crippen LogP contribution in [-0.2, 0) is 4.74 Å². The summed E-state index contributed by atoms with van der Waals surface area (Å²) in [5.74, 6) is -0.0857. The van der Waals surface area contributed by atoms with Crippen LogP contribution in [0.1, 0.15) is 36.2 Å². The van der Waals surface area contributed by atoms with E-state index in [1.165, 1.54) is 22.7 Å². The third-order valence-electron chi connectivity index (χ3n) is 7.27. The van der Waals surface area contributed by atoms with Crippen molar-refractivity contribution in [2.75, 3.05) is 41.8 Å². The third-order valence-corrected chi connectivity index (χ3v) is 8.99. The van der Waals surface area contributed by atoms with Crippen molar-refractivity contribution in [2.45, 2.75) is 37.8 Å². The van der Waals surface area contributed by atoms with Crippen molar-refractivity contribution in [1.82, 2.24) is 4.98 Å². The van der Waals surface area contributed by atoms with Gasteiger partial charge >= 0.3 is 0 Å². The fraction of sp³-hybridized carbons (Fsp3) is 0.370. The van der Waals surface area contributed by atoms with Gasteiger partial charge in [-0.2, -0.15) is 0 Å². The van der Waals surface area contributed by atoms with Crippen LogP contribution in [0.4, 0.5) is 22.9 Å². The van der Waals surface area contributed by atoms with Gasteiger partial charge in [-0.1, -0.05) is 12.8 Å². The first-order valence-corrected chi connectivity index (χ1v) is 14.8. The SMILES string of the molecule is NC(=O)c1ncc(N[C@H]2CCCC[C@H]2N)cc1Nc1cscc1-c1csc2c(=O)cc(N3CCOCC3)oc12. The van der Waals surface area contributed by atoms with Gasteiger partial charge in [0.2, 0.25) is 5.43 Å². The smallest absolute Gasteiger partial charge is 0.269 e. The summed E-state index contributed by atoms with van der Waals surface area (Å²) in [7, 11) is 0. The van der Waals surface area contributed by atoms with Crippen molar-refractivity contribution in [1.29, 1.82) is 0 Å². The summed E-state index contributed by atoms with van der Waals surface area (Å²) < 4.78 is 12.3. The normalized spacial score (nSPS) is 19.8. The van der Waals surface area contributed by atoms with Crippen LogP contribution in [0.3, 0.4) is 0 Å². The molecule has 1 amide bonds. The van der Waals surface area contributed by atoms with Crippen LogP contribution in [0.15, 0.2) is 43.7 Å². The molecular formula is C27H30N6O4S2. The number of primary amides is 1. The molecule has 4 aromatic heterocycles. The molecule has 0 radical (unpaired) electrons. The van der Waals surface area contributed by atoms with Crippen molar-refractivity contribution in [3.05, 3.63) is 50.4 Å². The molecule has 2 atom stereocenters. The summed E-state index contributed by atoms with van der Waals surface area (Å²) >= 11 is 2.86. The fourth-order valence-electron chi connectivity index (χ4n) is 5.19. The van der Waals surface area contributed by atoms with Gasteiger partial charge in [0.15, 0.2) is 17.2 Å². The second-order valence-corrected chi connectivity index (χ2v) is 11.5. The molecule has 6 rings (SSSR count). The van der Waals surface area contributed by atoms with E-state index in [1.54, 1.807) is 12.3 Å². The number of ether oxygens (including phenoxy) is 1. The van der Waals surface area contributed by atoms with Crippen molar-refractivity contribution < 1.29 is 13.9 Å². The summed E-state index contributed by atoms with van der Waals surface area (Å²) in [4.78, 5) is 31.6. The number of pyridine rings is 1. The predicted octanol–water partition coefficient (Wildman–Crippen LogP) is 4.34. The van der Waals surface area contributed by atoms with Gasteiger partial charge in [-0.15, -0.1) is 22.7 Å². The van der Waals surface area contributed by atoms with E-state index >= 15 is 0 Å². The highest BCUT2D eigenvalue weighted by Gasteiger charge is 2.24. The minimum absolute atomic E-state index is 0.0679. The Bertz CT molecular complexity index is 1560. The molecule has 1 saturated carbocycles. The Morgan fingerprint density at radius 3 is 2.69 bits per heavy atom. The number of aromatic nitrogens is 1. The number of carbonyl (C=O) groups is 1. The van der Waals surface area contributed by atoms with Crippen LogP contribution < -0.4 is 32.4 Å². The van der Waals surface area contributed by atoms with Crippen LogP contribution in [-0.4, -0.2) is 49.3 Å². The van der Waals surface area contributed by atoms with E-state index in [1.807, 2.05) is 27.1 Å². The highest BCUT2D eigenvalue weighted by atomic mass is 32.1. The molecule has 0 bridgehead atoms. The second-order valence-electron chi connectivity index (χ2n) is 9.86. The number of hydrogen-bond donors (Lipinski definition) is 4. The maximum Gasteiger partial charge on any atom is 0.269 e. The summed E-state index contributed by atoms with van der Waals surface area (Å²) in [6.45, 7) is 2.51. The number of rotatable bonds is 7. The van der Waals surface area contributed by atoms with Crippen molar-refractivity contribution in [3.8, 4) is 11.1 Å². The van der Waals surface area contributed by atoms with Crippen LogP contribution in [0.2, 0.25) is 0 Å². The molecule has 4 aromatic rings. The van der Waals surface area contributed by atoms with Crippen LogP contribution in [0.5, 0.6) is 0 Å². The number of thiophene rings is 2. The average Bonchev–Trinajstić information content (AvgIpc) is 3.57. The van der Waals surface area contributed by atoms with Crippen LogP contribution >= 0.6 is 22.7 Å². The molecule has 12 heteroatoms. The van der Waals surface area contributed by atoms with E-state index in [9.17, 15) is 9.59 Å². The second kappa shape index (κ2) is 11.0. The summed E-state index contributed by atoms with van der Waals surface area (Å²) in [6, 6.07) is 3.61. The first kappa shape index (κ1) is 25.8. The number of nitrogens with two attached hydrogens (primary N) is 2. The number of anilines is 4. The Balaban J connectivity index is 1.34. The van der Waals surface area contributed by atoms with Gasteiger partial charge in [0, 0.05) is 58.5 Å². The molecule has 10 nitrogen and oxygen atoms in total. The first-order valence-electron chi connectivity index (χ1n) is 13.0. The number of carbonyl (C=O) groups excluding carboxylic acids is 1. The zero-order chi connectivity index (χ0) is 26.9. The lowest BCUT2D eigenvalue weighted by molar-refractivity contribution is 0.0996. The Labute approximate surface area is 233 Å². The monoisotopic (exact) mass is 566 g/mol. The zero-order valence-electron chi connectivity index (χ0n) is 21.3. The molecule has 6 N–H and O–H groups in total. The van der Waals surface area contributed by atoms with Gasteiger partial charge in [0.25, 0.3) is 5.91 Å². The van der Waals surface area contributed by atoms with Gasteiger partial charge in [-0.25, -0.2) is 4.98 Å². The molecule has 2 fully saturated rings. The molecule has 39 heavy (non-hydrogen) atoms. The van der Waals surface area contributed by atoms with Crippen LogP contribution in [0.25, 0.3) is 21.4 Å². The van der Waals surface area contributed by atoms with Crippen molar-refractivity contribution >= 4 is 61.8 Å².